The first-order valence-electron chi connectivity index (χ1n) is 4.11. The predicted octanol–water partition coefficient (Wildman–Crippen LogP) is 2.81. The van der Waals surface area contributed by atoms with Gasteiger partial charge in [-0.25, -0.2) is 4.98 Å². The Morgan fingerprint density at radius 1 is 1.33 bits per heavy atom. The third-order valence-corrected chi connectivity index (χ3v) is 2.00. The van der Waals surface area contributed by atoms with E-state index in [1.165, 1.54) is 6.20 Å². The van der Waals surface area contributed by atoms with Crippen molar-refractivity contribution in [3.8, 4) is 5.88 Å². The summed E-state index contributed by atoms with van der Waals surface area (Å²) in [5, 5.41) is 11.2. The minimum absolute atomic E-state index is 0.0621. The molecule has 1 radical (unpaired) electrons. The number of nitrogens with zero attached hydrogens (tertiary/aromatic N) is 2. The molecule has 0 bridgehead atoms. The average Bonchev–Trinajstić information content (AvgIpc) is 2.46. The molecule has 3 nitrogen and oxygen atoms in total. The summed E-state index contributed by atoms with van der Waals surface area (Å²) in [6.45, 7) is 1.55. The maximum absolute atomic E-state index is 12.3. The number of aromatic nitrogens is 2. The standard InChI is InChI=1S/C9H6F3N2O/c1-5-3-14-4-6(9(10,11)12)2-7(14)8(15)13-5/h2-4H,1H3. The molecule has 0 aliphatic carbocycles. The molecule has 0 unspecified atom stereocenters. The van der Waals surface area contributed by atoms with Crippen molar-refractivity contribution in [2.75, 3.05) is 0 Å². The molecule has 0 amide bonds. The smallest absolute Gasteiger partial charge is 0.317 e. The van der Waals surface area contributed by atoms with Crippen LogP contribution in [-0.2, 0) is 11.3 Å². The first kappa shape index (κ1) is 9.82. The van der Waals surface area contributed by atoms with Crippen molar-refractivity contribution >= 4 is 5.52 Å². The monoisotopic (exact) mass is 215 g/mol. The Balaban J connectivity index is 2.71. The van der Waals surface area contributed by atoms with Crippen LogP contribution in [0.2, 0.25) is 0 Å². The summed E-state index contributed by atoms with van der Waals surface area (Å²) in [6, 6.07) is 0.800. The van der Waals surface area contributed by atoms with E-state index in [9.17, 15) is 18.3 Å². The number of halogens is 3. The number of alkyl halides is 3. The molecule has 0 spiro atoms. The van der Waals surface area contributed by atoms with E-state index in [1.54, 1.807) is 6.92 Å². The molecule has 2 heterocycles. The van der Waals surface area contributed by atoms with Gasteiger partial charge in [0.05, 0.1) is 11.3 Å². The summed E-state index contributed by atoms with van der Waals surface area (Å²) in [5.41, 5.74) is -0.517. The minimum atomic E-state index is -4.44. The van der Waals surface area contributed by atoms with Crippen molar-refractivity contribution in [2.45, 2.75) is 13.1 Å². The van der Waals surface area contributed by atoms with Gasteiger partial charge in [-0.2, -0.15) is 13.2 Å². The van der Waals surface area contributed by atoms with Gasteiger partial charge in [0, 0.05) is 12.4 Å². The van der Waals surface area contributed by atoms with Gasteiger partial charge in [0.25, 0.3) is 5.88 Å². The van der Waals surface area contributed by atoms with E-state index >= 15 is 0 Å². The fourth-order valence-corrected chi connectivity index (χ4v) is 1.36. The van der Waals surface area contributed by atoms with E-state index in [0.29, 0.717) is 5.69 Å². The van der Waals surface area contributed by atoms with Crippen molar-refractivity contribution < 1.29 is 18.3 Å². The highest BCUT2D eigenvalue weighted by Gasteiger charge is 2.32. The van der Waals surface area contributed by atoms with Gasteiger partial charge in [-0.1, -0.05) is 0 Å². The highest BCUT2D eigenvalue weighted by Crippen LogP contribution is 2.32. The second-order valence-corrected chi connectivity index (χ2v) is 3.21. The normalized spacial score (nSPS) is 12.3. The van der Waals surface area contributed by atoms with Crippen LogP contribution in [0.15, 0.2) is 18.5 Å². The molecule has 0 saturated heterocycles. The molecule has 2 rings (SSSR count). The third kappa shape index (κ3) is 1.62. The Bertz CT molecular complexity index is 516. The summed E-state index contributed by atoms with van der Waals surface area (Å²) >= 11 is 0. The molecule has 0 aromatic carbocycles. The molecule has 0 atom stereocenters. The zero-order chi connectivity index (χ0) is 11.2. The molecular weight excluding hydrogens is 209 g/mol. The molecule has 0 N–H and O–H groups in total. The first-order chi connectivity index (χ1) is 6.88. The number of rotatable bonds is 0. The van der Waals surface area contributed by atoms with E-state index < -0.39 is 17.6 Å². The SMILES string of the molecule is Cc1cn2cc(C(F)(F)F)cc2c([O])n1. The van der Waals surface area contributed by atoms with Crippen LogP contribution in [0.1, 0.15) is 11.3 Å². The molecule has 0 fully saturated rings. The summed E-state index contributed by atoms with van der Waals surface area (Å²) in [5.74, 6) is -0.648. The lowest BCUT2D eigenvalue weighted by atomic mass is 10.3. The Hall–Kier alpha value is -1.72. The Morgan fingerprint density at radius 3 is 2.60 bits per heavy atom. The van der Waals surface area contributed by atoms with Gasteiger partial charge in [-0.15, -0.1) is 0 Å². The molecular formula is C9H6F3N2O. The van der Waals surface area contributed by atoms with Crippen LogP contribution in [0.5, 0.6) is 5.88 Å². The Kier molecular flexibility index (Phi) is 1.89. The molecule has 15 heavy (non-hydrogen) atoms. The largest absolute Gasteiger partial charge is 0.417 e. The summed E-state index contributed by atoms with van der Waals surface area (Å²) in [7, 11) is 0. The van der Waals surface area contributed by atoms with Crippen molar-refractivity contribution in [3.05, 3.63) is 29.7 Å². The van der Waals surface area contributed by atoms with E-state index in [-0.39, 0.29) is 5.52 Å². The molecule has 2 aromatic heterocycles. The lowest BCUT2D eigenvalue weighted by molar-refractivity contribution is -0.137. The Labute approximate surface area is 82.8 Å². The van der Waals surface area contributed by atoms with E-state index in [4.69, 9.17) is 0 Å². The predicted molar refractivity (Wildman–Crippen MR) is 45.1 cm³/mol. The minimum Gasteiger partial charge on any atom is -0.317 e. The maximum atomic E-state index is 12.3. The first-order valence-corrected chi connectivity index (χ1v) is 4.11. The zero-order valence-electron chi connectivity index (χ0n) is 7.67. The highest BCUT2D eigenvalue weighted by atomic mass is 19.4. The van der Waals surface area contributed by atoms with Crippen molar-refractivity contribution in [1.29, 1.82) is 0 Å². The van der Waals surface area contributed by atoms with Gasteiger partial charge in [-0.3, -0.25) is 5.11 Å². The van der Waals surface area contributed by atoms with Crippen LogP contribution in [0.3, 0.4) is 0 Å². The van der Waals surface area contributed by atoms with Gasteiger partial charge in [0.15, 0.2) is 0 Å². The van der Waals surface area contributed by atoms with Crippen LogP contribution in [-0.4, -0.2) is 9.38 Å². The zero-order valence-corrected chi connectivity index (χ0v) is 7.67. The van der Waals surface area contributed by atoms with Crippen LogP contribution in [0, 0.1) is 6.92 Å². The van der Waals surface area contributed by atoms with Gasteiger partial charge in [-0.05, 0) is 13.0 Å². The summed E-state index contributed by atoms with van der Waals surface area (Å²) < 4.78 is 38.1. The highest BCUT2D eigenvalue weighted by molar-refractivity contribution is 5.58. The van der Waals surface area contributed by atoms with E-state index in [0.717, 1.165) is 16.7 Å². The van der Waals surface area contributed by atoms with Crippen molar-refractivity contribution in [2.24, 2.45) is 0 Å². The van der Waals surface area contributed by atoms with Gasteiger partial charge < -0.3 is 4.40 Å². The van der Waals surface area contributed by atoms with Crippen LogP contribution in [0.4, 0.5) is 13.2 Å². The molecule has 6 heteroatoms. The average molecular weight is 215 g/mol. The molecule has 0 aliphatic heterocycles. The van der Waals surface area contributed by atoms with Gasteiger partial charge >= 0.3 is 6.18 Å². The maximum Gasteiger partial charge on any atom is 0.417 e. The Morgan fingerprint density at radius 2 is 2.00 bits per heavy atom. The quantitative estimate of drug-likeness (QED) is 0.665. The van der Waals surface area contributed by atoms with E-state index in [2.05, 4.69) is 4.98 Å². The van der Waals surface area contributed by atoms with E-state index in [1.807, 2.05) is 0 Å². The summed E-state index contributed by atoms with van der Waals surface area (Å²) in [6.07, 6.45) is -2.18. The molecule has 0 saturated carbocycles. The van der Waals surface area contributed by atoms with Crippen molar-refractivity contribution in [3.63, 3.8) is 0 Å². The number of fused-ring (bicyclic) bond motifs is 1. The lowest BCUT2D eigenvalue weighted by Crippen LogP contribution is -2.02. The van der Waals surface area contributed by atoms with Gasteiger partial charge in [0.2, 0.25) is 0 Å². The second-order valence-electron chi connectivity index (χ2n) is 3.21. The molecule has 79 valence electrons. The number of hydrogen-bond acceptors (Lipinski definition) is 1. The fourth-order valence-electron chi connectivity index (χ4n) is 1.36. The third-order valence-electron chi connectivity index (χ3n) is 2.00. The topological polar surface area (TPSA) is 37.2 Å². The molecule has 0 aliphatic rings. The summed E-state index contributed by atoms with van der Waals surface area (Å²) in [4.78, 5) is 3.55. The fraction of sp³-hybridized carbons (Fsp3) is 0.222. The van der Waals surface area contributed by atoms with Crippen molar-refractivity contribution in [1.82, 2.24) is 9.38 Å². The lowest BCUT2D eigenvalue weighted by Gasteiger charge is -2.00. The molecule has 2 aromatic rings. The van der Waals surface area contributed by atoms with Crippen LogP contribution in [0.25, 0.3) is 5.52 Å². The second kappa shape index (κ2) is 2.88. The van der Waals surface area contributed by atoms with Crippen LogP contribution < -0.4 is 0 Å². The number of aryl methyl sites for hydroxylation is 1. The van der Waals surface area contributed by atoms with Crippen LogP contribution >= 0.6 is 0 Å². The van der Waals surface area contributed by atoms with Gasteiger partial charge in [0.1, 0.15) is 5.52 Å². The number of hydrogen-bond donors (Lipinski definition) is 0.